The number of aryl methyl sites for hydroxylation is 1. The number of carbonyl (C=O) groups excluding carboxylic acids is 1. The molecule has 1 aliphatic rings. The number of hydrogen-bond acceptors (Lipinski definition) is 3. The number of nitrogens with zero attached hydrogens (tertiary/aromatic N) is 1. The number of likely N-dealkylation sites (N-methyl/N-ethyl adjacent to an activating group) is 1. The van der Waals surface area contributed by atoms with E-state index in [2.05, 4.69) is 0 Å². The van der Waals surface area contributed by atoms with E-state index in [1.54, 1.807) is 24.3 Å². The van der Waals surface area contributed by atoms with Crippen LogP contribution in [0.1, 0.15) is 37.7 Å². The average molecular weight is 295 g/mol. The Labute approximate surface area is 120 Å². The van der Waals surface area contributed by atoms with E-state index < -0.39 is 15.6 Å². The molecule has 20 heavy (non-hydrogen) atoms. The summed E-state index contributed by atoms with van der Waals surface area (Å²) in [5.74, 6) is 0. The Morgan fingerprint density at radius 1 is 1.10 bits per heavy atom. The van der Waals surface area contributed by atoms with Crippen LogP contribution in [0.2, 0.25) is 0 Å². The molecule has 0 atom stereocenters. The molecule has 0 aliphatic heterocycles. The standard InChI is InChI=1S/C15H21NO3S/c1-13-6-8-14(9-7-13)20(18,19)16(2)15(12-17)10-4-3-5-11-15/h6-9,12H,3-5,10-11H2,1-2H3. The zero-order valence-corrected chi connectivity index (χ0v) is 12.8. The summed E-state index contributed by atoms with van der Waals surface area (Å²) in [6.45, 7) is 1.91. The zero-order chi connectivity index (χ0) is 14.8. The minimum absolute atomic E-state index is 0.248. The summed E-state index contributed by atoms with van der Waals surface area (Å²) in [5.41, 5.74) is 0.136. The second kappa shape index (κ2) is 5.66. The van der Waals surface area contributed by atoms with Crippen LogP contribution >= 0.6 is 0 Å². The predicted molar refractivity (Wildman–Crippen MR) is 78.0 cm³/mol. The Bertz CT molecular complexity index is 572. The Kier molecular flexibility index (Phi) is 4.30. The van der Waals surface area contributed by atoms with E-state index in [-0.39, 0.29) is 4.90 Å². The molecule has 0 N–H and O–H groups in total. The predicted octanol–water partition coefficient (Wildman–Crippen LogP) is 2.52. The van der Waals surface area contributed by atoms with E-state index in [0.29, 0.717) is 12.8 Å². The molecular formula is C15H21NO3S. The van der Waals surface area contributed by atoms with Crippen molar-refractivity contribution in [1.29, 1.82) is 0 Å². The summed E-state index contributed by atoms with van der Waals surface area (Å²) < 4.78 is 26.6. The molecule has 0 saturated heterocycles. The molecule has 1 saturated carbocycles. The lowest BCUT2D eigenvalue weighted by Gasteiger charge is -2.39. The van der Waals surface area contributed by atoms with Gasteiger partial charge in [0, 0.05) is 7.05 Å². The topological polar surface area (TPSA) is 54.5 Å². The van der Waals surface area contributed by atoms with E-state index in [9.17, 15) is 13.2 Å². The molecule has 0 spiro atoms. The van der Waals surface area contributed by atoms with Gasteiger partial charge in [-0.05, 0) is 31.9 Å². The quantitative estimate of drug-likeness (QED) is 0.802. The molecule has 0 unspecified atom stereocenters. The summed E-state index contributed by atoms with van der Waals surface area (Å²) in [6.07, 6.45) is 4.89. The summed E-state index contributed by atoms with van der Waals surface area (Å²) in [4.78, 5) is 11.8. The molecule has 1 aliphatic carbocycles. The van der Waals surface area contributed by atoms with Crippen molar-refractivity contribution < 1.29 is 13.2 Å². The third-order valence-electron chi connectivity index (χ3n) is 4.25. The maximum absolute atomic E-state index is 12.7. The van der Waals surface area contributed by atoms with Crippen molar-refractivity contribution in [2.75, 3.05) is 7.05 Å². The first kappa shape index (κ1) is 15.2. The smallest absolute Gasteiger partial charge is 0.243 e. The molecule has 1 fully saturated rings. The molecule has 1 aromatic carbocycles. The number of benzene rings is 1. The molecule has 1 aromatic rings. The largest absolute Gasteiger partial charge is 0.301 e. The van der Waals surface area contributed by atoms with Gasteiger partial charge in [-0.15, -0.1) is 0 Å². The first-order valence-corrected chi connectivity index (χ1v) is 8.38. The highest BCUT2D eigenvalue weighted by Gasteiger charge is 2.42. The van der Waals surface area contributed by atoms with Crippen LogP contribution in [-0.4, -0.2) is 31.6 Å². The zero-order valence-electron chi connectivity index (χ0n) is 12.0. The van der Waals surface area contributed by atoms with Gasteiger partial charge in [-0.25, -0.2) is 8.42 Å². The fourth-order valence-electron chi connectivity index (χ4n) is 2.78. The van der Waals surface area contributed by atoms with E-state index in [1.807, 2.05) is 6.92 Å². The van der Waals surface area contributed by atoms with Crippen LogP contribution in [0.25, 0.3) is 0 Å². The number of rotatable bonds is 4. The second-order valence-electron chi connectivity index (χ2n) is 5.57. The number of hydrogen-bond donors (Lipinski definition) is 0. The van der Waals surface area contributed by atoms with Gasteiger partial charge < -0.3 is 4.79 Å². The van der Waals surface area contributed by atoms with Crippen LogP contribution in [0.5, 0.6) is 0 Å². The third-order valence-corrected chi connectivity index (χ3v) is 6.20. The number of carbonyl (C=O) groups is 1. The fraction of sp³-hybridized carbons (Fsp3) is 0.533. The van der Waals surface area contributed by atoms with Crippen molar-refractivity contribution >= 4 is 16.3 Å². The molecule has 0 heterocycles. The lowest BCUT2D eigenvalue weighted by Crippen LogP contribution is -2.51. The maximum atomic E-state index is 12.7. The van der Waals surface area contributed by atoms with E-state index in [1.165, 1.54) is 11.4 Å². The highest BCUT2D eigenvalue weighted by molar-refractivity contribution is 7.89. The SMILES string of the molecule is Cc1ccc(S(=O)(=O)N(C)C2(C=O)CCCCC2)cc1. The molecular weight excluding hydrogens is 274 g/mol. The van der Waals surface area contributed by atoms with Crippen LogP contribution < -0.4 is 0 Å². The minimum atomic E-state index is -3.62. The van der Waals surface area contributed by atoms with Crippen molar-refractivity contribution in [3.8, 4) is 0 Å². The van der Waals surface area contributed by atoms with Crippen LogP contribution in [0.15, 0.2) is 29.2 Å². The van der Waals surface area contributed by atoms with Gasteiger partial charge in [-0.3, -0.25) is 0 Å². The molecule has 0 radical (unpaired) electrons. The van der Waals surface area contributed by atoms with Crippen molar-refractivity contribution in [2.24, 2.45) is 0 Å². The highest BCUT2D eigenvalue weighted by atomic mass is 32.2. The molecule has 4 nitrogen and oxygen atoms in total. The highest BCUT2D eigenvalue weighted by Crippen LogP contribution is 2.34. The number of aldehydes is 1. The first-order valence-electron chi connectivity index (χ1n) is 6.94. The molecule has 2 rings (SSSR count). The first-order chi connectivity index (χ1) is 9.42. The van der Waals surface area contributed by atoms with Gasteiger partial charge in [0.15, 0.2) is 0 Å². The lowest BCUT2D eigenvalue weighted by molar-refractivity contribution is -0.117. The van der Waals surface area contributed by atoms with Crippen molar-refractivity contribution in [3.63, 3.8) is 0 Å². The Morgan fingerprint density at radius 3 is 2.15 bits per heavy atom. The molecule has 0 aromatic heterocycles. The van der Waals surface area contributed by atoms with Gasteiger partial charge in [-0.1, -0.05) is 37.0 Å². The fourth-order valence-corrected chi connectivity index (χ4v) is 4.28. The van der Waals surface area contributed by atoms with Crippen LogP contribution in [0, 0.1) is 6.92 Å². The average Bonchev–Trinajstić information content (AvgIpc) is 2.47. The van der Waals surface area contributed by atoms with Crippen molar-refractivity contribution in [3.05, 3.63) is 29.8 Å². The van der Waals surface area contributed by atoms with Crippen LogP contribution in [0.4, 0.5) is 0 Å². The Hall–Kier alpha value is -1.20. The van der Waals surface area contributed by atoms with Gasteiger partial charge in [0.1, 0.15) is 6.29 Å². The second-order valence-corrected chi connectivity index (χ2v) is 7.54. The van der Waals surface area contributed by atoms with Gasteiger partial charge in [0.2, 0.25) is 10.0 Å². The van der Waals surface area contributed by atoms with E-state index >= 15 is 0 Å². The summed E-state index contributed by atoms with van der Waals surface area (Å²) in [6, 6.07) is 6.75. The third kappa shape index (κ3) is 2.65. The van der Waals surface area contributed by atoms with Crippen LogP contribution in [0.3, 0.4) is 0 Å². The van der Waals surface area contributed by atoms with E-state index in [4.69, 9.17) is 0 Å². The Morgan fingerprint density at radius 2 is 1.65 bits per heavy atom. The van der Waals surface area contributed by atoms with Crippen molar-refractivity contribution in [1.82, 2.24) is 4.31 Å². The lowest BCUT2D eigenvalue weighted by atomic mass is 9.83. The Balaban J connectivity index is 2.37. The number of sulfonamides is 1. The van der Waals surface area contributed by atoms with E-state index in [0.717, 1.165) is 31.1 Å². The molecule has 0 bridgehead atoms. The van der Waals surface area contributed by atoms with Gasteiger partial charge in [0.25, 0.3) is 0 Å². The van der Waals surface area contributed by atoms with Gasteiger partial charge >= 0.3 is 0 Å². The summed E-state index contributed by atoms with van der Waals surface area (Å²) >= 11 is 0. The summed E-state index contributed by atoms with van der Waals surface area (Å²) in [7, 11) is -2.10. The van der Waals surface area contributed by atoms with Crippen molar-refractivity contribution in [2.45, 2.75) is 49.5 Å². The maximum Gasteiger partial charge on any atom is 0.243 e. The molecule has 0 amide bonds. The summed E-state index contributed by atoms with van der Waals surface area (Å²) in [5, 5.41) is 0. The van der Waals surface area contributed by atoms with Crippen LogP contribution in [-0.2, 0) is 14.8 Å². The minimum Gasteiger partial charge on any atom is -0.301 e. The monoisotopic (exact) mass is 295 g/mol. The van der Waals surface area contributed by atoms with Gasteiger partial charge in [0.05, 0.1) is 10.4 Å². The molecule has 110 valence electrons. The van der Waals surface area contributed by atoms with Gasteiger partial charge in [-0.2, -0.15) is 4.31 Å². The molecule has 5 heteroatoms. The normalized spacial score (nSPS) is 18.9.